The summed E-state index contributed by atoms with van der Waals surface area (Å²) in [5.74, 6) is 1.51. The highest BCUT2D eigenvalue weighted by Gasteiger charge is 2.32. The zero-order valence-electron chi connectivity index (χ0n) is 14.6. The van der Waals surface area contributed by atoms with Crippen LogP contribution < -0.4 is 5.32 Å². The average Bonchev–Trinajstić information content (AvgIpc) is 3.29. The number of furan rings is 1. The Kier molecular flexibility index (Phi) is 5.24. The van der Waals surface area contributed by atoms with E-state index in [4.69, 9.17) is 14.9 Å². The van der Waals surface area contributed by atoms with Crippen molar-refractivity contribution in [2.45, 2.75) is 38.8 Å². The maximum absolute atomic E-state index is 12.9. The van der Waals surface area contributed by atoms with E-state index < -0.39 is 0 Å². The van der Waals surface area contributed by atoms with Crippen LogP contribution in [-0.4, -0.2) is 17.0 Å². The number of benzene rings is 1. The summed E-state index contributed by atoms with van der Waals surface area (Å²) >= 11 is 0. The molecule has 2 aromatic rings. The van der Waals surface area contributed by atoms with Crippen LogP contribution in [0.25, 0.3) is 0 Å². The van der Waals surface area contributed by atoms with Crippen LogP contribution in [0.3, 0.4) is 0 Å². The second-order valence-corrected chi connectivity index (χ2v) is 6.55. The Morgan fingerprint density at radius 3 is 2.58 bits per heavy atom. The fraction of sp³-hybridized carbons (Fsp3) is 0.350. The Morgan fingerprint density at radius 2 is 2.00 bits per heavy atom. The molecule has 6 heteroatoms. The number of carbonyl (C=O) groups is 1. The first-order valence-corrected chi connectivity index (χ1v) is 8.61. The molecular formula is C20H20N4O2. The molecule has 3 rings (SSSR count). The van der Waals surface area contributed by atoms with Crippen molar-refractivity contribution in [1.82, 2.24) is 4.90 Å². The van der Waals surface area contributed by atoms with Crippen molar-refractivity contribution in [3.05, 3.63) is 53.5 Å². The number of anilines is 1. The highest BCUT2D eigenvalue weighted by atomic mass is 16.3. The van der Waals surface area contributed by atoms with Gasteiger partial charge in [0.1, 0.15) is 11.5 Å². The molecule has 26 heavy (non-hydrogen) atoms. The van der Waals surface area contributed by atoms with Gasteiger partial charge in [-0.3, -0.25) is 0 Å². The van der Waals surface area contributed by atoms with Gasteiger partial charge in [0.15, 0.2) is 0 Å². The number of carbonyl (C=O) groups excluding carboxylic acids is 1. The third kappa shape index (κ3) is 4.04. The first-order valence-electron chi connectivity index (χ1n) is 8.61. The van der Waals surface area contributed by atoms with Crippen LogP contribution in [0.5, 0.6) is 0 Å². The first-order chi connectivity index (χ1) is 12.6. The number of rotatable bonds is 4. The van der Waals surface area contributed by atoms with Gasteiger partial charge in [0.25, 0.3) is 0 Å². The van der Waals surface area contributed by atoms with Gasteiger partial charge in [-0.25, -0.2) is 4.79 Å². The highest BCUT2D eigenvalue weighted by molar-refractivity contribution is 5.89. The smallest absolute Gasteiger partial charge is 0.322 e. The van der Waals surface area contributed by atoms with E-state index in [2.05, 4.69) is 17.5 Å². The standard InChI is InChI=1S/C20H20N4O2/c1-14-2-9-19(26-14)13-24(18-8-5-16(10-18)12-22)20(25)23-17-6-3-15(11-21)4-7-17/h2-4,6-7,9,16,18H,5,8,10,13H2,1H3,(H,23,25). The lowest BCUT2D eigenvalue weighted by molar-refractivity contribution is 0.177. The van der Waals surface area contributed by atoms with Gasteiger partial charge < -0.3 is 14.6 Å². The molecule has 0 bridgehead atoms. The van der Waals surface area contributed by atoms with E-state index in [0.29, 0.717) is 24.2 Å². The van der Waals surface area contributed by atoms with Crippen LogP contribution in [0.4, 0.5) is 10.5 Å². The van der Waals surface area contributed by atoms with Gasteiger partial charge in [-0.15, -0.1) is 0 Å². The number of hydrogen-bond donors (Lipinski definition) is 1. The van der Waals surface area contributed by atoms with Crippen LogP contribution >= 0.6 is 0 Å². The van der Waals surface area contributed by atoms with Gasteiger partial charge in [0, 0.05) is 17.6 Å². The number of hydrogen-bond acceptors (Lipinski definition) is 4. The third-order valence-corrected chi connectivity index (χ3v) is 4.68. The number of nitrogens with one attached hydrogen (secondary N) is 1. The maximum Gasteiger partial charge on any atom is 0.322 e. The molecule has 1 aliphatic carbocycles. The molecule has 0 radical (unpaired) electrons. The number of nitriles is 2. The molecule has 0 saturated heterocycles. The van der Waals surface area contributed by atoms with E-state index in [1.54, 1.807) is 29.2 Å². The number of nitrogens with zero attached hydrogens (tertiary/aromatic N) is 3. The van der Waals surface area contributed by atoms with Crippen LogP contribution in [0.2, 0.25) is 0 Å². The van der Waals surface area contributed by atoms with Gasteiger partial charge in [-0.2, -0.15) is 10.5 Å². The summed E-state index contributed by atoms with van der Waals surface area (Å²) in [6.07, 6.45) is 2.29. The first kappa shape index (κ1) is 17.6. The summed E-state index contributed by atoms with van der Waals surface area (Å²) in [6.45, 7) is 2.23. The van der Waals surface area contributed by atoms with Crippen molar-refractivity contribution >= 4 is 11.7 Å². The molecule has 1 heterocycles. The molecule has 2 amide bonds. The topological polar surface area (TPSA) is 93.1 Å². The summed E-state index contributed by atoms with van der Waals surface area (Å²) in [4.78, 5) is 14.6. The quantitative estimate of drug-likeness (QED) is 0.896. The fourth-order valence-electron chi connectivity index (χ4n) is 3.29. The van der Waals surface area contributed by atoms with E-state index in [0.717, 1.165) is 24.4 Å². The molecule has 0 aliphatic heterocycles. The normalized spacial score (nSPS) is 18.7. The Hall–Kier alpha value is -3.25. The molecule has 1 aromatic heterocycles. The molecule has 1 saturated carbocycles. The molecule has 132 valence electrons. The predicted octanol–water partition coefficient (Wildman–Crippen LogP) is 4.19. The van der Waals surface area contributed by atoms with Gasteiger partial charge in [0.05, 0.1) is 24.2 Å². The minimum atomic E-state index is -0.229. The highest BCUT2D eigenvalue weighted by Crippen LogP contribution is 2.30. The molecule has 1 aromatic carbocycles. The van der Waals surface area contributed by atoms with Crippen LogP contribution in [0.1, 0.15) is 36.3 Å². The van der Waals surface area contributed by atoms with Gasteiger partial charge in [-0.1, -0.05) is 0 Å². The monoisotopic (exact) mass is 348 g/mol. The molecule has 6 nitrogen and oxygen atoms in total. The van der Waals surface area contributed by atoms with E-state index in [-0.39, 0.29) is 18.0 Å². The maximum atomic E-state index is 12.9. The van der Waals surface area contributed by atoms with Gasteiger partial charge in [-0.05, 0) is 62.6 Å². The van der Waals surface area contributed by atoms with Crippen LogP contribution in [0, 0.1) is 35.5 Å². The van der Waals surface area contributed by atoms with E-state index in [1.165, 1.54) is 0 Å². The summed E-state index contributed by atoms with van der Waals surface area (Å²) in [5, 5.41) is 20.9. The summed E-state index contributed by atoms with van der Waals surface area (Å²) in [7, 11) is 0. The predicted molar refractivity (Wildman–Crippen MR) is 95.9 cm³/mol. The van der Waals surface area contributed by atoms with Crippen molar-refractivity contribution in [3.63, 3.8) is 0 Å². The average molecular weight is 348 g/mol. The Bertz CT molecular complexity index is 857. The van der Waals surface area contributed by atoms with Crippen LogP contribution in [-0.2, 0) is 6.54 Å². The lowest BCUT2D eigenvalue weighted by Crippen LogP contribution is -2.41. The largest absolute Gasteiger partial charge is 0.464 e. The minimum Gasteiger partial charge on any atom is -0.464 e. The number of aryl methyl sites for hydroxylation is 1. The lowest BCUT2D eigenvalue weighted by atomic mass is 10.1. The Balaban J connectivity index is 1.76. The van der Waals surface area contributed by atoms with E-state index in [1.807, 2.05) is 19.1 Å². The molecule has 1 N–H and O–H groups in total. The Labute approximate surface area is 152 Å². The second kappa shape index (κ2) is 7.76. The SMILES string of the molecule is Cc1ccc(CN(C(=O)Nc2ccc(C#N)cc2)C2CCC(C#N)C2)o1. The molecule has 2 unspecified atom stereocenters. The fourth-order valence-corrected chi connectivity index (χ4v) is 3.29. The second-order valence-electron chi connectivity index (χ2n) is 6.55. The van der Waals surface area contributed by atoms with Crippen LogP contribution in [0.15, 0.2) is 40.8 Å². The summed E-state index contributed by atoms with van der Waals surface area (Å²) in [5.41, 5.74) is 1.17. The van der Waals surface area contributed by atoms with E-state index in [9.17, 15) is 4.79 Å². The van der Waals surface area contributed by atoms with Crippen molar-refractivity contribution in [2.75, 3.05) is 5.32 Å². The minimum absolute atomic E-state index is 0.00318. The van der Waals surface area contributed by atoms with Crippen molar-refractivity contribution in [3.8, 4) is 12.1 Å². The molecular weight excluding hydrogens is 328 g/mol. The van der Waals surface area contributed by atoms with E-state index >= 15 is 0 Å². The molecule has 0 spiro atoms. The molecule has 1 fully saturated rings. The summed E-state index contributed by atoms with van der Waals surface area (Å²) in [6, 6.07) is 14.6. The van der Waals surface area contributed by atoms with Crippen molar-refractivity contribution < 1.29 is 9.21 Å². The van der Waals surface area contributed by atoms with Gasteiger partial charge in [0.2, 0.25) is 0 Å². The zero-order valence-corrected chi connectivity index (χ0v) is 14.6. The molecule has 2 atom stereocenters. The number of urea groups is 1. The lowest BCUT2D eigenvalue weighted by Gasteiger charge is -2.28. The third-order valence-electron chi connectivity index (χ3n) is 4.68. The van der Waals surface area contributed by atoms with Crippen molar-refractivity contribution in [2.24, 2.45) is 5.92 Å². The Morgan fingerprint density at radius 1 is 1.23 bits per heavy atom. The van der Waals surface area contributed by atoms with Crippen molar-refractivity contribution in [1.29, 1.82) is 10.5 Å². The molecule has 1 aliphatic rings. The number of amides is 2. The summed E-state index contributed by atoms with van der Waals surface area (Å²) < 4.78 is 5.63. The zero-order chi connectivity index (χ0) is 18.5. The van der Waals surface area contributed by atoms with Gasteiger partial charge >= 0.3 is 6.03 Å².